The third kappa shape index (κ3) is 3.66. The predicted octanol–water partition coefficient (Wildman–Crippen LogP) is 1.79. The maximum Gasteiger partial charge on any atom is 0.160 e. The lowest BCUT2D eigenvalue weighted by Crippen LogP contribution is -2.14. The lowest BCUT2D eigenvalue weighted by atomic mass is 10.2. The van der Waals surface area contributed by atoms with Gasteiger partial charge in [0, 0.05) is 19.3 Å². The van der Waals surface area contributed by atoms with E-state index in [9.17, 15) is 5.11 Å². The molecule has 0 aliphatic heterocycles. The van der Waals surface area contributed by atoms with Crippen LogP contribution in [0, 0.1) is 6.92 Å². The number of rotatable bonds is 5. The first-order valence-corrected chi connectivity index (χ1v) is 6.04. The first-order chi connectivity index (χ1) is 9.19. The molecule has 0 radical (unpaired) electrons. The van der Waals surface area contributed by atoms with Crippen LogP contribution in [0.5, 0.6) is 11.5 Å². The van der Waals surface area contributed by atoms with Gasteiger partial charge in [-0.2, -0.15) is 0 Å². The highest BCUT2D eigenvalue weighted by Crippen LogP contribution is 2.25. The Kier molecular flexibility index (Phi) is 4.30. The second-order valence-electron chi connectivity index (χ2n) is 4.20. The molecule has 5 heteroatoms. The van der Waals surface area contributed by atoms with E-state index in [4.69, 9.17) is 4.74 Å². The molecule has 5 nitrogen and oxygen atoms in total. The lowest BCUT2D eigenvalue weighted by molar-refractivity contribution is 0.373. The van der Waals surface area contributed by atoms with Crippen LogP contribution in [0.25, 0.3) is 0 Å². The normalized spacial score (nSPS) is 10.4. The molecule has 0 saturated carbocycles. The SMILES string of the molecule is COc1ccc(CNCc2ccnc(C)n2)cc1O. The second-order valence-corrected chi connectivity index (χ2v) is 4.20. The van der Waals surface area contributed by atoms with Gasteiger partial charge < -0.3 is 15.2 Å². The zero-order valence-corrected chi connectivity index (χ0v) is 11.1. The van der Waals surface area contributed by atoms with Gasteiger partial charge in [-0.3, -0.25) is 0 Å². The number of nitrogens with zero attached hydrogens (tertiary/aromatic N) is 2. The molecule has 1 heterocycles. The van der Waals surface area contributed by atoms with Crippen LogP contribution in [-0.2, 0) is 13.1 Å². The van der Waals surface area contributed by atoms with Gasteiger partial charge in [0.15, 0.2) is 11.5 Å². The highest BCUT2D eigenvalue weighted by molar-refractivity contribution is 5.41. The minimum Gasteiger partial charge on any atom is -0.504 e. The Hall–Kier alpha value is -2.14. The Bertz CT molecular complexity index is 558. The summed E-state index contributed by atoms with van der Waals surface area (Å²) in [6, 6.07) is 7.24. The molecule has 0 amide bonds. The standard InChI is InChI=1S/C14H17N3O2/c1-10-16-6-5-12(17-10)9-15-8-11-3-4-14(19-2)13(18)7-11/h3-7,15,18H,8-9H2,1-2H3. The van der Waals surface area contributed by atoms with E-state index < -0.39 is 0 Å². The summed E-state index contributed by atoms with van der Waals surface area (Å²) < 4.78 is 5.00. The molecular formula is C14H17N3O2. The maximum atomic E-state index is 9.67. The van der Waals surface area contributed by atoms with Crippen LogP contribution in [0.1, 0.15) is 17.1 Å². The number of phenols is 1. The summed E-state index contributed by atoms with van der Waals surface area (Å²) in [7, 11) is 1.53. The molecule has 2 N–H and O–H groups in total. The number of nitrogens with one attached hydrogen (secondary N) is 1. The van der Waals surface area contributed by atoms with Crippen LogP contribution in [0.3, 0.4) is 0 Å². The molecular weight excluding hydrogens is 242 g/mol. The zero-order chi connectivity index (χ0) is 13.7. The molecule has 2 aromatic rings. The molecule has 0 saturated heterocycles. The topological polar surface area (TPSA) is 67.3 Å². The van der Waals surface area contributed by atoms with Gasteiger partial charge in [0.1, 0.15) is 5.82 Å². The number of aromatic nitrogens is 2. The number of aryl methyl sites for hydroxylation is 1. The van der Waals surface area contributed by atoms with Crippen molar-refractivity contribution in [1.82, 2.24) is 15.3 Å². The fraction of sp³-hybridized carbons (Fsp3) is 0.286. The fourth-order valence-electron chi connectivity index (χ4n) is 1.78. The molecule has 0 aliphatic carbocycles. The average Bonchev–Trinajstić information content (AvgIpc) is 2.39. The Balaban J connectivity index is 1.90. The molecule has 1 aromatic carbocycles. The largest absolute Gasteiger partial charge is 0.504 e. The number of benzene rings is 1. The summed E-state index contributed by atoms with van der Waals surface area (Å²) in [5, 5.41) is 12.9. The van der Waals surface area contributed by atoms with E-state index in [1.807, 2.05) is 19.1 Å². The summed E-state index contributed by atoms with van der Waals surface area (Å²) in [5.74, 6) is 1.40. The molecule has 2 rings (SSSR count). The molecule has 100 valence electrons. The number of phenolic OH excluding ortho intramolecular Hbond substituents is 1. The van der Waals surface area contributed by atoms with Crippen molar-refractivity contribution in [3.05, 3.63) is 47.5 Å². The van der Waals surface area contributed by atoms with Crippen LogP contribution < -0.4 is 10.1 Å². The Labute approximate surface area is 112 Å². The smallest absolute Gasteiger partial charge is 0.160 e. The van der Waals surface area contributed by atoms with Crippen LogP contribution in [0.4, 0.5) is 0 Å². The molecule has 19 heavy (non-hydrogen) atoms. The third-order valence-corrected chi connectivity index (χ3v) is 2.71. The highest BCUT2D eigenvalue weighted by atomic mass is 16.5. The van der Waals surface area contributed by atoms with E-state index in [2.05, 4.69) is 15.3 Å². The number of hydrogen-bond donors (Lipinski definition) is 2. The van der Waals surface area contributed by atoms with Crippen LogP contribution in [0.2, 0.25) is 0 Å². The summed E-state index contributed by atoms with van der Waals surface area (Å²) in [6.45, 7) is 3.18. The number of methoxy groups -OCH3 is 1. The molecule has 0 atom stereocenters. The summed E-state index contributed by atoms with van der Waals surface area (Å²) in [5.41, 5.74) is 1.94. The zero-order valence-electron chi connectivity index (χ0n) is 11.1. The predicted molar refractivity (Wildman–Crippen MR) is 72.0 cm³/mol. The number of hydrogen-bond acceptors (Lipinski definition) is 5. The molecule has 1 aromatic heterocycles. The van der Waals surface area contributed by atoms with Crippen molar-refractivity contribution in [2.75, 3.05) is 7.11 Å². The quantitative estimate of drug-likeness (QED) is 0.857. The second kappa shape index (κ2) is 6.15. The van der Waals surface area contributed by atoms with E-state index in [1.54, 1.807) is 18.3 Å². The molecule has 0 bridgehead atoms. The van der Waals surface area contributed by atoms with Gasteiger partial charge in [-0.15, -0.1) is 0 Å². The van der Waals surface area contributed by atoms with Gasteiger partial charge in [-0.1, -0.05) is 6.07 Å². The van der Waals surface area contributed by atoms with E-state index >= 15 is 0 Å². The molecule has 0 spiro atoms. The minimum atomic E-state index is 0.152. The molecule has 0 fully saturated rings. The van der Waals surface area contributed by atoms with E-state index in [1.165, 1.54) is 7.11 Å². The number of aromatic hydroxyl groups is 1. The molecule has 0 unspecified atom stereocenters. The summed E-state index contributed by atoms with van der Waals surface area (Å²) in [4.78, 5) is 8.36. The van der Waals surface area contributed by atoms with Crippen molar-refractivity contribution in [3.63, 3.8) is 0 Å². The first-order valence-electron chi connectivity index (χ1n) is 6.04. The minimum absolute atomic E-state index is 0.152. The van der Waals surface area contributed by atoms with Crippen molar-refractivity contribution < 1.29 is 9.84 Å². The van der Waals surface area contributed by atoms with E-state index in [0.717, 1.165) is 17.1 Å². The van der Waals surface area contributed by atoms with Gasteiger partial charge in [0.05, 0.1) is 12.8 Å². The van der Waals surface area contributed by atoms with Crippen molar-refractivity contribution in [2.24, 2.45) is 0 Å². The van der Waals surface area contributed by atoms with E-state index in [0.29, 0.717) is 18.8 Å². The summed E-state index contributed by atoms with van der Waals surface area (Å²) >= 11 is 0. The van der Waals surface area contributed by atoms with Crippen molar-refractivity contribution in [2.45, 2.75) is 20.0 Å². The number of ether oxygens (including phenoxy) is 1. The van der Waals surface area contributed by atoms with Gasteiger partial charge >= 0.3 is 0 Å². The Morgan fingerprint density at radius 3 is 2.79 bits per heavy atom. The van der Waals surface area contributed by atoms with Crippen molar-refractivity contribution >= 4 is 0 Å². The maximum absolute atomic E-state index is 9.67. The van der Waals surface area contributed by atoms with E-state index in [-0.39, 0.29) is 5.75 Å². The van der Waals surface area contributed by atoms with Crippen LogP contribution in [-0.4, -0.2) is 22.2 Å². The average molecular weight is 259 g/mol. The van der Waals surface area contributed by atoms with Crippen molar-refractivity contribution in [3.8, 4) is 11.5 Å². The first kappa shape index (κ1) is 13.3. The lowest BCUT2D eigenvalue weighted by Gasteiger charge is -2.07. The van der Waals surface area contributed by atoms with Crippen LogP contribution in [0.15, 0.2) is 30.5 Å². The van der Waals surface area contributed by atoms with Crippen molar-refractivity contribution in [1.29, 1.82) is 0 Å². The Morgan fingerprint density at radius 2 is 2.11 bits per heavy atom. The van der Waals surface area contributed by atoms with Gasteiger partial charge in [-0.25, -0.2) is 9.97 Å². The summed E-state index contributed by atoms with van der Waals surface area (Å²) in [6.07, 6.45) is 1.75. The van der Waals surface area contributed by atoms with Gasteiger partial charge in [0.25, 0.3) is 0 Å². The highest BCUT2D eigenvalue weighted by Gasteiger charge is 2.02. The molecule has 0 aliphatic rings. The fourth-order valence-corrected chi connectivity index (χ4v) is 1.78. The monoisotopic (exact) mass is 259 g/mol. The Morgan fingerprint density at radius 1 is 1.26 bits per heavy atom. The third-order valence-electron chi connectivity index (χ3n) is 2.71. The van der Waals surface area contributed by atoms with Crippen LogP contribution >= 0.6 is 0 Å². The van der Waals surface area contributed by atoms with Gasteiger partial charge in [0.2, 0.25) is 0 Å². The van der Waals surface area contributed by atoms with Gasteiger partial charge in [-0.05, 0) is 30.7 Å².